The van der Waals surface area contributed by atoms with Crippen LogP contribution in [0.3, 0.4) is 0 Å². The fourth-order valence-electron chi connectivity index (χ4n) is 4.84. The normalized spacial score (nSPS) is 22.0. The third-order valence-electron chi connectivity index (χ3n) is 6.88. The number of hydrogen-bond donors (Lipinski definition) is 1. The van der Waals surface area contributed by atoms with E-state index in [0.717, 1.165) is 37.0 Å². The maximum absolute atomic E-state index is 8.63. The zero-order chi connectivity index (χ0) is 22.4. The van der Waals surface area contributed by atoms with Crippen LogP contribution in [0, 0.1) is 11.8 Å². The van der Waals surface area contributed by atoms with Gasteiger partial charge in [0.15, 0.2) is 0 Å². The van der Waals surface area contributed by atoms with Crippen LogP contribution >= 0.6 is 0 Å². The van der Waals surface area contributed by atoms with Gasteiger partial charge in [0.25, 0.3) is 0 Å². The van der Waals surface area contributed by atoms with E-state index in [-0.39, 0.29) is 0 Å². The second-order valence-electron chi connectivity index (χ2n) is 9.33. The summed E-state index contributed by atoms with van der Waals surface area (Å²) in [5, 5.41) is 8.63. The van der Waals surface area contributed by atoms with Crippen LogP contribution in [-0.2, 0) is 0 Å². The van der Waals surface area contributed by atoms with E-state index in [1.807, 2.05) is 13.0 Å². The van der Waals surface area contributed by atoms with Gasteiger partial charge < -0.3 is 5.11 Å². The molecule has 1 saturated carbocycles. The molecule has 30 heavy (non-hydrogen) atoms. The largest absolute Gasteiger partial charge is 0.513 e. The molecular formula is C29H48O. The number of hydrogen-bond acceptors (Lipinski definition) is 1. The van der Waals surface area contributed by atoms with Gasteiger partial charge in [0.2, 0.25) is 0 Å². The maximum atomic E-state index is 8.63. The van der Waals surface area contributed by atoms with Crippen molar-refractivity contribution in [2.24, 2.45) is 11.8 Å². The van der Waals surface area contributed by atoms with Gasteiger partial charge in [0.05, 0.1) is 5.76 Å². The minimum Gasteiger partial charge on any atom is -0.513 e. The summed E-state index contributed by atoms with van der Waals surface area (Å²) >= 11 is 0. The van der Waals surface area contributed by atoms with Gasteiger partial charge >= 0.3 is 0 Å². The summed E-state index contributed by atoms with van der Waals surface area (Å²) in [6.07, 6.45) is 16.4. The number of aliphatic hydroxyl groups is 1. The van der Waals surface area contributed by atoms with E-state index < -0.39 is 0 Å². The van der Waals surface area contributed by atoms with Crippen molar-refractivity contribution >= 4 is 0 Å². The molecule has 0 spiro atoms. The second kappa shape index (κ2) is 15.3. The van der Waals surface area contributed by atoms with E-state index in [1.54, 1.807) is 5.56 Å². The van der Waals surface area contributed by atoms with Crippen LogP contribution in [0.2, 0.25) is 0 Å². The molecule has 1 aromatic carbocycles. The Kier molecular flexibility index (Phi) is 13.6. The standard InChI is InChI=1S/C21H34.C8H14O/c1-5-7-9-16(3)18-10-12-20(13-11-18)21-15-14-19(8-6-2)17(21)4;1-3-4-5-6-7-8(2)9/h10-13,16-17,19,21H,5-9,14-15H2,1-4H3;3-4,9H,2,5-7H2,1H3/b;4-3-. The fourth-order valence-corrected chi connectivity index (χ4v) is 4.84. The van der Waals surface area contributed by atoms with Gasteiger partial charge in [-0.1, -0.05) is 96.4 Å². The average Bonchev–Trinajstić information content (AvgIpc) is 3.10. The van der Waals surface area contributed by atoms with Crippen LogP contribution in [0.4, 0.5) is 0 Å². The molecular weight excluding hydrogens is 364 g/mol. The Hall–Kier alpha value is -1.50. The van der Waals surface area contributed by atoms with Crippen LogP contribution in [0.1, 0.15) is 122 Å². The first-order chi connectivity index (χ1) is 14.4. The molecule has 0 bridgehead atoms. The van der Waals surface area contributed by atoms with E-state index in [1.165, 1.54) is 50.5 Å². The molecule has 0 aliphatic heterocycles. The Bertz CT molecular complexity index is 597. The third-order valence-corrected chi connectivity index (χ3v) is 6.88. The Balaban J connectivity index is 0.000000424. The Morgan fingerprint density at radius 3 is 2.40 bits per heavy atom. The van der Waals surface area contributed by atoms with Gasteiger partial charge in [0.1, 0.15) is 0 Å². The lowest BCUT2D eigenvalue weighted by Crippen LogP contribution is -2.10. The summed E-state index contributed by atoms with van der Waals surface area (Å²) in [6.45, 7) is 14.8. The molecule has 0 saturated heterocycles. The topological polar surface area (TPSA) is 20.2 Å². The van der Waals surface area contributed by atoms with Crippen molar-refractivity contribution in [1.29, 1.82) is 0 Å². The van der Waals surface area contributed by atoms with Gasteiger partial charge in [-0.05, 0) is 73.8 Å². The molecule has 0 heterocycles. The molecule has 170 valence electrons. The Labute approximate surface area is 187 Å². The summed E-state index contributed by atoms with van der Waals surface area (Å²) in [6, 6.07) is 9.64. The highest BCUT2D eigenvalue weighted by molar-refractivity contribution is 5.28. The summed E-state index contributed by atoms with van der Waals surface area (Å²) in [5.74, 6) is 3.64. The molecule has 1 fully saturated rings. The van der Waals surface area contributed by atoms with Crippen molar-refractivity contribution in [3.63, 3.8) is 0 Å². The molecule has 0 amide bonds. The predicted octanol–water partition coefficient (Wildman–Crippen LogP) is 9.71. The molecule has 1 aliphatic rings. The van der Waals surface area contributed by atoms with Crippen LogP contribution in [-0.4, -0.2) is 5.11 Å². The van der Waals surface area contributed by atoms with Crippen molar-refractivity contribution in [2.75, 3.05) is 0 Å². The molecule has 0 radical (unpaired) electrons. The van der Waals surface area contributed by atoms with Crippen LogP contribution in [0.5, 0.6) is 0 Å². The Morgan fingerprint density at radius 2 is 1.83 bits per heavy atom. The van der Waals surface area contributed by atoms with Gasteiger partial charge in [-0.2, -0.15) is 0 Å². The molecule has 4 atom stereocenters. The molecule has 1 aromatic rings. The summed E-state index contributed by atoms with van der Waals surface area (Å²) in [7, 11) is 0. The number of unbranched alkanes of at least 4 members (excludes halogenated alkanes) is 2. The van der Waals surface area contributed by atoms with Crippen molar-refractivity contribution in [2.45, 2.75) is 111 Å². The minimum atomic E-state index is 0.291. The second-order valence-corrected chi connectivity index (χ2v) is 9.33. The molecule has 1 aliphatic carbocycles. The monoisotopic (exact) mass is 412 g/mol. The zero-order valence-electron chi connectivity index (χ0n) is 20.5. The van der Waals surface area contributed by atoms with E-state index in [9.17, 15) is 0 Å². The molecule has 1 heteroatoms. The highest BCUT2D eigenvalue weighted by atomic mass is 16.3. The van der Waals surface area contributed by atoms with Crippen LogP contribution in [0.15, 0.2) is 48.8 Å². The molecule has 4 unspecified atom stereocenters. The lowest BCUT2D eigenvalue weighted by Gasteiger charge is -2.21. The van der Waals surface area contributed by atoms with Crippen molar-refractivity contribution < 1.29 is 5.11 Å². The van der Waals surface area contributed by atoms with Crippen molar-refractivity contribution in [1.82, 2.24) is 0 Å². The zero-order valence-corrected chi connectivity index (χ0v) is 20.5. The smallest absolute Gasteiger partial charge is 0.0851 e. The van der Waals surface area contributed by atoms with E-state index in [0.29, 0.717) is 11.7 Å². The minimum absolute atomic E-state index is 0.291. The van der Waals surface area contributed by atoms with E-state index >= 15 is 0 Å². The van der Waals surface area contributed by atoms with Gasteiger partial charge in [-0.15, -0.1) is 0 Å². The average molecular weight is 413 g/mol. The highest BCUT2D eigenvalue weighted by Crippen LogP contribution is 2.45. The number of allylic oxidation sites excluding steroid dienone is 3. The molecule has 0 aromatic heterocycles. The number of aliphatic hydroxyl groups excluding tert-OH is 1. The molecule has 1 nitrogen and oxygen atoms in total. The Morgan fingerprint density at radius 1 is 1.13 bits per heavy atom. The third kappa shape index (κ3) is 9.54. The van der Waals surface area contributed by atoms with Gasteiger partial charge in [-0.3, -0.25) is 0 Å². The number of rotatable bonds is 11. The first-order valence-electron chi connectivity index (χ1n) is 12.5. The fraction of sp³-hybridized carbons (Fsp3) is 0.655. The van der Waals surface area contributed by atoms with Gasteiger partial charge in [0, 0.05) is 6.42 Å². The lowest BCUT2D eigenvalue weighted by molar-refractivity contribution is 0.367. The van der Waals surface area contributed by atoms with E-state index in [2.05, 4.69) is 64.6 Å². The number of benzene rings is 1. The van der Waals surface area contributed by atoms with E-state index in [4.69, 9.17) is 5.11 Å². The van der Waals surface area contributed by atoms with Crippen LogP contribution < -0.4 is 0 Å². The lowest BCUT2D eigenvalue weighted by atomic mass is 9.84. The summed E-state index contributed by atoms with van der Waals surface area (Å²) in [5.41, 5.74) is 3.12. The van der Waals surface area contributed by atoms with Crippen molar-refractivity contribution in [3.8, 4) is 0 Å². The SMILES string of the molecule is C=C(O)CCC/C=C\C.CCCCC(C)c1ccc(C2CCC(CCC)C2C)cc1. The van der Waals surface area contributed by atoms with Crippen LogP contribution in [0.25, 0.3) is 0 Å². The predicted molar refractivity (Wildman–Crippen MR) is 134 cm³/mol. The summed E-state index contributed by atoms with van der Waals surface area (Å²) < 4.78 is 0. The van der Waals surface area contributed by atoms with Gasteiger partial charge in [-0.25, -0.2) is 0 Å². The maximum Gasteiger partial charge on any atom is 0.0851 e. The van der Waals surface area contributed by atoms with Crippen molar-refractivity contribution in [3.05, 3.63) is 59.9 Å². The first-order valence-corrected chi connectivity index (χ1v) is 12.5. The summed E-state index contributed by atoms with van der Waals surface area (Å²) in [4.78, 5) is 0. The molecule has 2 rings (SSSR count). The highest BCUT2D eigenvalue weighted by Gasteiger charge is 2.32. The quantitative estimate of drug-likeness (QED) is 0.218. The first kappa shape index (κ1) is 26.5. The molecule has 1 N–H and O–H groups in total.